The number of piperidine rings is 1. The predicted molar refractivity (Wildman–Crippen MR) is 70.7 cm³/mol. The van der Waals surface area contributed by atoms with Gasteiger partial charge in [-0.2, -0.15) is 0 Å². The maximum Gasteiger partial charge on any atom is 0.226 e. The van der Waals surface area contributed by atoms with Gasteiger partial charge in [-0.15, -0.1) is 0 Å². The van der Waals surface area contributed by atoms with Crippen molar-refractivity contribution in [1.29, 1.82) is 0 Å². The van der Waals surface area contributed by atoms with Crippen LogP contribution in [0.15, 0.2) is 0 Å². The van der Waals surface area contributed by atoms with Gasteiger partial charge in [0.1, 0.15) is 0 Å². The van der Waals surface area contributed by atoms with E-state index in [0.717, 1.165) is 26.1 Å². The van der Waals surface area contributed by atoms with Gasteiger partial charge in [0.2, 0.25) is 5.91 Å². The zero-order valence-corrected chi connectivity index (χ0v) is 11.5. The predicted octanol–water partition coefficient (Wildman–Crippen LogP) is 0.772. The number of amides is 1. The molecule has 1 fully saturated rings. The van der Waals surface area contributed by atoms with Crippen molar-refractivity contribution < 1.29 is 4.79 Å². The van der Waals surface area contributed by atoms with E-state index in [1.165, 1.54) is 12.8 Å². The fourth-order valence-electron chi connectivity index (χ4n) is 2.48. The second-order valence-corrected chi connectivity index (χ2v) is 5.31. The zero-order valence-electron chi connectivity index (χ0n) is 11.5. The summed E-state index contributed by atoms with van der Waals surface area (Å²) in [4.78, 5) is 16.3. The summed E-state index contributed by atoms with van der Waals surface area (Å²) in [6, 6.07) is 0. The van der Waals surface area contributed by atoms with Crippen molar-refractivity contribution in [2.45, 2.75) is 26.2 Å². The van der Waals surface area contributed by atoms with E-state index < -0.39 is 0 Å². The quantitative estimate of drug-likeness (QED) is 0.773. The van der Waals surface area contributed by atoms with Crippen molar-refractivity contribution in [1.82, 2.24) is 9.80 Å². The van der Waals surface area contributed by atoms with Crippen molar-refractivity contribution in [3.05, 3.63) is 0 Å². The van der Waals surface area contributed by atoms with Crippen LogP contribution in [0.3, 0.4) is 0 Å². The smallest absolute Gasteiger partial charge is 0.226 e. The largest absolute Gasteiger partial charge is 0.345 e. The molecule has 1 amide bonds. The summed E-state index contributed by atoms with van der Waals surface area (Å²) in [5.41, 5.74) is 5.62. The molecule has 0 aromatic rings. The molecule has 1 unspecified atom stereocenters. The van der Waals surface area contributed by atoms with Gasteiger partial charge in [0.25, 0.3) is 0 Å². The Hall–Kier alpha value is -0.610. The third kappa shape index (κ3) is 4.28. The summed E-state index contributed by atoms with van der Waals surface area (Å²) in [6.07, 6.45) is 3.24. The van der Waals surface area contributed by atoms with Crippen LogP contribution in [-0.2, 0) is 4.79 Å². The molecule has 1 rings (SSSR count). The van der Waals surface area contributed by atoms with Gasteiger partial charge in [0.15, 0.2) is 0 Å². The molecule has 0 aromatic heterocycles. The third-order valence-electron chi connectivity index (χ3n) is 3.87. The van der Waals surface area contributed by atoms with Crippen LogP contribution in [0.2, 0.25) is 0 Å². The van der Waals surface area contributed by atoms with Gasteiger partial charge >= 0.3 is 0 Å². The van der Waals surface area contributed by atoms with Gasteiger partial charge in [-0.05, 0) is 45.3 Å². The van der Waals surface area contributed by atoms with Gasteiger partial charge < -0.3 is 15.5 Å². The highest BCUT2D eigenvalue weighted by molar-refractivity contribution is 5.78. The molecule has 0 saturated carbocycles. The zero-order chi connectivity index (χ0) is 12.8. The molecule has 1 aliphatic heterocycles. The first-order valence-corrected chi connectivity index (χ1v) is 6.72. The standard InChI is InChI=1S/C13H27N3O/c1-4-12(9-14)13(17)16(3)10-11-5-7-15(2)8-6-11/h11-12H,4-10,14H2,1-3H3. The Balaban J connectivity index is 2.37. The van der Waals surface area contributed by atoms with Crippen molar-refractivity contribution in [3.8, 4) is 0 Å². The van der Waals surface area contributed by atoms with E-state index in [0.29, 0.717) is 12.5 Å². The molecule has 1 atom stereocenters. The van der Waals surface area contributed by atoms with Crippen molar-refractivity contribution in [3.63, 3.8) is 0 Å². The van der Waals surface area contributed by atoms with Gasteiger partial charge in [-0.1, -0.05) is 6.92 Å². The van der Waals surface area contributed by atoms with Crippen LogP contribution in [-0.4, -0.2) is 56.0 Å². The fraction of sp³-hybridized carbons (Fsp3) is 0.923. The van der Waals surface area contributed by atoms with E-state index in [9.17, 15) is 4.79 Å². The summed E-state index contributed by atoms with van der Waals surface area (Å²) in [6.45, 7) is 5.69. The Labute approximate surface area is 105 Å². The monoisotopic (exact) mass is 241 g/mol. The highest BCUT2D eigenvalue weighted by atomic mass is 16.2. The maximum absolute atomic E-state index is 12.1. The summed E-state index contributed by atoms with van der Waals surface area (Å²) in [7, 11) is 4.07. The first kappa shape index (κ1) is 14.5. The SMILES string of the molecule is CCC(CN)C(=O)N(C)CC1CCN(C)CC1. The lowest BCUT2D eigenvalue weighted by molar-refractivity contribution is -0.134. The Morgan fingerprint density at radius 3 is 2.53 bits per heavy atom. The molecular formula is C13H27N3O. The summed E-state index contributed by atoms with van der Waals surface area (Å²) >= 11 is 0. The highest BCUT2D eigenvalue weighted by Crippen LogP contribution is 2.17. The van der Waals surface area contributed by atoms with Crippen LogP contribution < -0.4 is 5.73 Å². The first-order valence-electron chi connectivity index (χ1n) is 6.72. The molecule has 2 N–H and O–H groups in total. The second-order valence-electron chi connectivity index (χ2n) is 5.31. The van der Waals surface area contributed by atoms with E-state index in [-0.39, 0.29) is 11.8 Å². The molecule has 0 aliphatic carbocycles. The number of carbonyl (C=O) groups excluding carboxylic acids is 1. The lowest BCUT2D eigenvalue weighted by Gasteiger charge is -2.32. The molecule has 1 heterocycles. The molecule has 0 spiro atoms. The molecule has 1 saturated heterocycles. The molecule has 0 aromatic carbocycles. The minimum Gasteiger partial charge on any atom is -0.345 e. The van der Waals surface area contributed by atoms with Crippen LogP contribution in [0.4, 0.5) is 0 Å². The number of nitrogens with two attached hydrogens (primary N) is 1. The third-order valence-corrected chi connectivity index (χ3v) is 3.87. The molecule has 100 valence electrons. The maximum atomic E-state index is 12.1. The van der Waals surface area contributed by atoms with Crippen LogP contribution in [0, 0.1) is 11.8 Å². The normalized spacial score (nSPS) is 20.2. The summed E-state index contributed by atoms with van der Waals surface area (Å²) < 4.78 is 0. The van der Waals surface area contributed by atoms with Gasteiger partial charge in [0.05, 0.1) is 5.92 Å². The molecule has 0 bridgehead atoms. The van der Waals surface area contributed by atoms with E-state index >= 15 is 0 Å². The van der Waals surface area contributed by atoms with E-state index in [1.807, 2.05) is 18.9 Å². The molecule has 4 nitrogen and oxygen atoms in total. The van der Waals surface area contributed by atoms with Gasteiger partial charge in [-0.3, -0.25) is 4.79 Å². The van der Waals surface area contributed by atoms with Gasteiger partial charge in [0, 0.05) is 20.1 Å². The minimum atomic E-state index is 0.00580. The first-order chi connectivity index (χ1) is 8.08. The average Bonchev–Trinajstić information content (AvgIpc) is 2.33. The van der Waals surface area contributed by atoms with E-state index in [1.54, 1.807) is 0 Å². The Morgan fingerprint density at radius 2 is 2.06 bits per heavy atom. The van der Waals surface area contributed by atoms with Crippen molar-refractivity contribution in [2.75, 3.05) is 40.3 Å². The fourth-order valence-corrected chi connectivity index (χ4v) is 2.48. The lowest BCUT2D eigenvalue weighted by atomic mass is 9.96. The lowest BCUT2D eigenvalue weighted by Crippen LogP contribution is -2.41. The Morgan fingerprint density at radius 1 is 1.47 bits per heavy atom. The summed E-state index contributed by atoms with van der Waals surface area (Å²) in [5, 5.41) is 0. The van der Waals surface area contributed by atoms with Gasteiger partial charge in [-0.25, -0.2) is 0 Å². The Bertz CT molecular complexity index is 233. The van der Waals surface area contributed by atoms with Crippen LogP contribution >= 0.6 is 0 Å². The molecular weight excluding hydrogens is 214 g/mol. The molecule has 0 radical (unpaired) electrons. The van der Waals surface area contributed by atoms with E-state index in [2.05, 4.69) is 11.9 Å². The minimum absolute atomic E-state index is 0.00580. The molecule has 17 heavy (non-hydrogen) atoms. The van der Waals surface area contributed by atoms with Crippen molar-refractivity contribution >= 4 is 5.91 Å². The molecule has 4 heteroatoms. The molecule has 1 aliphatic rings. The van der Waals surface area contributed by atoms with Crippen molar-refractivity contribution in [2.24, 2.45) is 17.6 Å². The second kappa shape index (κ2) is 6.97. The average molecular weight is 241 g/mol. The van der Waals surface area contributed by atoms with Crippen LogP contribution in [0.1, 0.15) is 26.2 Å². The summed E-state index contributed by atoms with van der Waals surface area (Å²) in [5.74, 6) is 0.885. The van der Waals surface area contributed by atoms with Crippen LogP contribution in [0.5, 0.6) is 0 Å². The van der Waals surface area contributed by atoms with Crippen LogP contribution in [0.25, 0.3) is 0 Å². The highest BCUT2D eigenvalue weighted by Gasteiger charge is 2.23. The topological polar surface area (TPSA) is 49.6 Å². The number of nitrogens with zero attached hydrogens (tertiary/aromatic N) is 2. The number of likely N-dealkylation sites (tertiary alicyclic amines) is 1. The Kier molecular flexibility index (Phi) is 5.92. The van der Waals surface area contributed by atoms with E-state index in [4.69, 9.17) is 5.73 Å². The number of rotatable bonds is 5. The number of hydrogen-bond acceptors (Lipinski definition) is 3. The number of carbonyl (C=O) groups is 1. The number of hydrogen-bond donors (Lipinski definition) is 1.